The van der Waals surface area contributed by atoms with Crippen LogP contribution in [0.2, 0.25) is 5.02 Å². The molecule has 1 atom stereocenters. The van der Waals surface area contributed by atoms with Gasteiger partial charge in [-0.05, 0) is 55.0 Å². The van der Waals surface area contributed by atoms with Crippen LogP contribution in [0.3, 0.4) is 0 Å². The molecule has 1 aliphatic carbocycles. The molecular weight excluding hydrogens is 242 g/mol. The summed E-state index contributed by atoms with van der Waals surface area (Å²) in [5, 5.41) is 4.52. The fraction of sp³-hybridized carbons (Fsp3) is 0.500. The zero-order chi connectivity index (χ0) is 13.2. The number of rotatable bonds is 4. The summed E-state index contributed by atoms with van der Waals surface area (Å²) >= 11 is 6.13. The summed E-state index contributed by atoms with van der Waals surface area (Å²) in [4.78, 5) is 0. The molecule has 0 radical (unpaired) electrons. The van der Waals surface area contributed by atoms with Gasteiger partial charge in [-0.2, -0.15) is 0 Å². The third kappa shape index (κ3) is 2.78. The Morgan fingerprint density at radius 2 is 2.22 bits per heavy atom. The number of nitrogens with one attached hydrogen (secondary N) is 1. The Morgan fingerprint density at radius 1 is 1.44 bits per heavy atom. The molecular formula is C16H22ClN. The van der Waals surface area contributed by atoms with Crippen LogP contribution in [0.1, 0.15) is 44.4 Å². The van der Waals surface area contributed by atoms with E-state index >= 15 is 0 Å². The average Bonchev–Trinajstić information content (AvgIpc) is 2.55. The van der Waals surface area contributed by atoms with E-state index in [1.807, 2.05) is 6.07 Å². The quantitative estimate of drug-likeness (QED) is 0.622. The fourth-order valence-electron chi connectivity index (χ4n) is 2.87. The van der Waals surface area contributed by atoms with E-state index in [4.69, 9.17) is 11.6 Å². The molecule has 0 saturated carbocycles. The first-order valence-electron chi connectivity index (χ1n) is 6.67. The van der Waals surface area contributed by atoms with Crippen LogP contribution in [0.5, 0.6) is 0 Å². The second-order valence-corrected chi connectivity index (χ2v) is 6.19. The average molecular weight is 264 g/mol. The fourth-order valence-corrected chi connectivity index (χ4v) is 3.05. The van der Waals surface area contributed by atoms with E-state index in [1.165, 1.54) is 11.1 Å². The minimum Gasteiger partial charge on any atom is -0.309 e. The third-order valence-electron chi connectivity index (χ3n) is 3.74. The summed E-state index contributed by atoms with van der Waals surface area (Å²) in [5.74, 6) is 0. The molecule has 2 heteroatoms. The summed E-state index contributed by atoms with van der Waals surface area (Å²) in [5.41, 5.74) is 3.09. The minimum absolute atomic E-state index is 0.267. The van der Waals surface area contributed by atoms with Crippen LogP contribution in [0, 0.1) is 5.41 Å². The lowest BCUT2D eigenvalue weighted by molar-refractivity contribution is 0.271. The molecule has 1 aliphatic rings. The lowest BCUT2D eigenvalue weighted by Gasteiger charge is -2.28. The summed E-state index contributed by atoms with van der Waals surface area (Å²) in [7, 11) is 0. The molecule has 0 spiro atoms. The molecule has 2 rings (SSSR count). The minimum atomic E-state index is 0.267. The van der Waals surface area contributed by atoms with Crippen LogP contribution in [-0.4, -0.2) is 6.54 Å². The van der Waals surface area contributed by atoms with Gasteiger partial charge in [0.15, 0.2) is 0 Å². The van der Waals surface area contributed by atoms with Crippen LogP contribution < -0.4 is 5.32 Å². The molecule has 0 aliphatic heterocycles. The number of halogens is 1. The van der Waals surface area contributed by atoms with E-state index in [0.717, 1.165) is 24.4 Å². The molecule has 0 heterocycles. The van der Waals surface area contributed by atoms with Gasteiger partial charge in [0.2, 0.25) is 0 Å². The Labute approximate surface area is 115 Å². The molecule has 1 aromatic carbocycles. The number of hydrogen-bond donors (Lipinski definition) is 1. The molecule has 18 heavy (non-hydrogen) atoms. The maximum Gasteiger partial charge on any atom is 0.0409 e. The summed E-state index contributed by atoms with van der Waals surface area (Å²) in [6.45, 7) is 7.74. The predicted molar refractivity (Wildman–Crippen MR) is 79.1 cm³/mol. The van der Waals surface area contributed by atoms with Gasteiger partial charge in [0.05, 0.1) is 0 Å². The van der Waals surface area contributed by atoms with Gasteiger partial charge >= 0.3 is 0 Å². The number of fused-ring (bicyclic) bond motifs is 1. The lowest BCUT2D eigenvalue weighted by Crippen LogP contribution is -2.31. The van der Waals surface area contributed by atoms with E-state index in [0.29, 0.717) is 6.04 Å². The van der Waals surface area contributed by atoms with Gasteiger partial charge in [0, 0.05) is 11.1 Å². The standard InChI is InChI=1S/C16H22ClN/c1-4-5-6-9-18-15-14-10-13(17)8-7-12(14)11-16(15,2)3/h4-5,7-8,10,15,18H,6,9,11H2,1-3H3/b5-4+. The van der Waals surface area contributed by atoms with Crippen LogP contribution in [0.4, 0.5) is 0 Å². The Hall–Kier alpha value is -0.790. The highest BCUT2D eigenvalue weighted by molar-refractivity contribution is 6.30. The number of allylic oxidation sites excluding steroid dienone is 1. The van der Waals surface area contributed by atoms with Crippen LogP contribution in [-0.2, 0) is 6.42 Å². The maximum atomic E-state index is 6.13. The predicted octanol–water partition coefficient (Wildman–Crippen LogP) is 4.52. The van der Waals surface area contributed by atoms with Crippen LogP contribution >= 0.6 is 11.6 Å². The van der Waals surface area contributed by atoms with Crippen molar-refractivity contribution in [2.24, 2.45) is 5.41 Å². The van der Waals surface area contributed by atoms with Crippen molar-refractivity contribution in [3.63, 3.8) is 0 Å². The molecule has 1 unspecified atom stereocenters. The zero-order valence-corrected chi connectivity index (χ0v) is 12.2. The molecule has 0 amide bonds. The molecule has 98 valence electrons. The molecule has 0 bridgehead atoms. The van der Waals surface area contributed by atoms with Crippen molar-refractivity contribution in [3.8, 4) is 0 Å². The van der Waals surface area contributed by atoms with E-state index < -0.39 is 0 Å². The smallest absolute Gasteiger partial charge is 0.0409 e. The van der Waals surface area contributed by atoms with E-state index in [1.54, 1.807) is 0 Å². The van der Waals surface area contributed by atoms with Crippen molar-refractivity contribution in [2.45, 2.75) is 39.7 Å². The topological polar surface area (TPSA) is 12.0 Å². The van der Waals surface area contributed by atoms with Gasteiger partial charge in [-0.25, -0.2) is 0 Å². The first-order valence-corrected chi connectivity index (χ1v) is 7.05. The van der Waals surface area contributed by atoms with Gasteiger partial charge in [-0.1, -0.05) is 43.7 Å². The lowest BCUT2D eigenvalue weighted by atomic mass is 9.85. The normalized spacial score (nSPS) is 21.4. The molecule has 1 aromatic rings. The summed E-state index contributed by atoms with van der Waals surface area (Å²) in [6.07, 6.45) is 6.51. The Morgan fingerprint density at radius 3 is 2.94 bits per heavy atom. The van der Waals surface area contributed by atoms with Gasteiger partial charge in [0.25, 0.3) is 0 Å². The molecule has 0 fully saturated rings. The maximum absolute atomic E-state index is 6.13. The SMILES string of the molecule is C/C=C/CCNC1c2cc(Cl)ccc2CC1(C)C. The highest BCUT2D eigenvalue weighted by Crippen LogP contribution is 2.45. The monoisotopic (exact) mass is 263 g/mol. The second kappa shape index (κ2) is 5.46. The largest absolute Gasteiger partial charge is 0.309 e. The Balaban J connectivity index is 2.15. The van der Waals surface area contributed by atoms with Crippen molar-refractivity contribution in [1.29, 1.82) is 0 Å². The van der Waals surface area contributed by atoms with Gasteiger partial charge in [-0.15, -0.1) is 0 Å². The second-order valence-electron chi connectivity index (χ2n) is 5.75. The van der Waals surface area contributed by atoms with Gasteiger partial charge < -0.3 is 5.32 Å². The Kier molecular flexibility index (Phi) is 4.14. The number of benzene rings is 1. The van der Waals surface area contributed by atoms with Crippen molar-refractivity contribution >= 4 is 11.6 Å². The van der Waals surface area contributed by atoms with E-state index in [-0.39, 0.29) is 5.41 Å². The third-order valence-corrected chi connectivity index (χ3v) is 3.98. The summed E-state index contributed by atoms with van der Waals surface area (Å²) in [6, 6.07) is 6.71. The number of hydrogen-bond acceptors (Lipinski definition) is 1. The van der Waals surface area contributed by atoms with Crippen molar-refractivity contribution in [1.82, 2.24) is 5.32 Å². The molecule has 0 saturated heterocycles. The molecule has 0 aromatic heterocycles. The summed E-state index contributed by atoms with van der Waals surface area (Å²) < 4.78 is 0. The van der Waals surface area contributed by atoms with Crippen molar-refractivity contribution in [2.75, 3.05) is 6.54 Å². The van der Waals surface area contributed by atoms with E-state index in [2.05, 4.69) is 50.4 Å². The van der Waals surface area contributed by atoms with Gasteiger partial charge in [0.1, 0.15) is 0 Å². The van der Waals surface area contributed by atoms with Gasteiger partial charge in [-0.3, -0.25) is 0 Å². The van der Waals surface area contributed by atoms with E-state index in [9.17, 15) is 0 Å². The van der Waals surface area contributed by atoms with Crippen LogP contribution in [0.15, 0.2) is 30.4 Å². The first-order chi connectivity index (χ1) is 8.54. The highest BCUT2D eigenvalue weighted by atomic mass is 35.5. The Bertz CT molecular complexity index is 448. The zero-order valence-electron chi connectivity index (χ0n) is 11.5. The molecule has 1 N–H and O–H groups in total. The van der Waals surface area contributed by atoms with Crippen molar-refractivity contribution < 1.29 is 0 Å². The van der Waals surface area contributed by atoms with Crippen molar-refractivity contribution in [3.05, 3.63) is 46.5 Å². The molecule has 1 nitrogen and oxygen atoms in total. The van der Waals surface area contributed by atoms with Crippen LogP contribution in [0.25, 0.3) is 0 Å². The first kappa shape index (κ1) is 13.6. The highest BCUT2D eigenvalue weighted by Gasteiger charge is 2.38.